The summed E-state index contributed by atoms with van der Waals surface area (Å²) >= 11 is 0. The topological polar surface area (TPSA) is 84.1 Å². The zero-order valence-electron chi connectivity index (χ0n) is 10.4. The molecule has 1 aliphatic heterocycles. The van der Waals surface area contributed by atoms with Crippen molar-refractivity contribution in [1.29, 1.82) is 0 Å². The number of likely N-dealkylation sites (tertiary alicyclic amines) is 1. The normalized spacial score (nSPS) is 17.6. The van der Waals surface area contributed by atoms with Crippen molar-refractivity contribution in [2.45, 2.75) is 18.9 Å². The summed E-state index contributed by atoms with van der Waals surface area (Å²) in [6.45, 7) is 3.62. The fraction of sp³-hybridized carbons (Fsp3) is 0.583. The van der Waals surface area contributed by atoms with Gasteiger partial charge in [0.25, 0.3) is 5.91 Å². The number of hydrogen-bond donors (Lipinski definition) is 2. The first kappa shape index (κ1) is 12.9. The Labute approximate surface area is 107 Å². The molecule has 0 atom stereocenters. The van der Waals surface area contributed by atoms with E-state index < -0.39 is 0 Å². The number of nitrogens with one attached hydrogen (secondary N) is 1. The molecule has 0 radical (unpaired) electrons. The van der Waals surface area contributed by atoms with Gasteiger partial charge in [0.1, 0.15) is 6.33 Å². The molecule has 1 aliphatic rings. The van der Waals surface area contributed by atoms with Crippen LogP contribution in [0, 0.1) is 0 Å². The largest absolute Gasteiger partial charge is 0.349 e. The monoisotopic (exact) mass is 249 g/mol. The van der Waals surface area contributed by atoms with Crippen LogP contribution in [0.4, 0.5) is 0 Å². The molecule has 1 fully saturated rings. The predicted octanol–water partition coefficient (Wildman–Crippen LogP) is -0.370. The Hall–Kier alpha value is -1.53. The highest BCUT2D eigenvalue weighted by Gasteiger charge is 2.20. The number of amides is 1. The van der Waals surface area contributed by atoms with E-state index in [4.69, 9.17) is 5.73 Å². The lowest BCUT2D eigenvalue weighted by atomic mass is 10.0. The summed E-state index contributed by atoms with van der Waals surface area (Å²) in [6, 6.07) is 0.242. The minimum absolute atomic E-state index is 0.0899. The SMILES string of the molecule is NCCN1CCC(NC(=O)c2cncnc2)CC1. The van der Waals surface area contributed by atoms with E-state index >= 15 is 0 Å². The summed E-state index contributed by atoms with van der Waals surface area (Å²) in [5.41, 5.74) is 6.04. The Bertz CT molecular complexity index is 375. The Morgan fingerprint density at radius 1 is 1.39 bits per heavy atom. The van der Waals surface area contributed by atoms with E-state index in [1.807, 2.05) is 0 Å². The number of nitrogens with two attached hydrogens (primary N) is 1. The van der Waals surface area contributed by atoms with E-state index in [1.54, 1.807) is 0 Å². The van der Waals surface area contributed by atoms with E-state index in [1.165, 1.54) is 18.7 Å². The van der Waals surface area contributed by atoms with Gasteiger partial charge in [-0.1, -0.05) is 0 Å². The fourth-order valence-corrected chi connectivity index (χ4v) is 2.17. The first-order valence-corrected chi connectivity index (χ1v) is 6.28. The van der Waals surface area contributed by atoms with Crippen molar-refractivity contribution < 1.29 is 4.79 Å². The van der Waals surface area contributed by atoms with Gasteiger partial charge in [-0.3, -0.25) is 4.79 Å². The summed E-state index contributed by atoms with van der Waals surface area (Å²) < 4.78 is 0. The van der Waals surface area contributed by atoms with E-state index in [2.05, 4.69) is 20.2 Å². The zero-order valence-corrected chi connectivity index (χ0v) is 10.4. The van der Waals surface area contributed by atoms with Crippen molar-refractivity contribution in [3.63, 3.8) is 0 Å². The number of nitrogens with zero attached hydrogens (tertiary/aromatic N) is 3. The average molecular weight is 249 g/mol. The minimum Gasteiger partial charge on any atom is -0.349 e. The van der Waals surface area contributed by atoms with Crippen LogP contribution in [0.15, 0.2) is 18.7 Å². The van der Waals surface area contributed by atoms with Crippen molar-refractivity contribution >= 4 is 5.91 Å². The van der Waals surface area contributed by atoms with E-state index in [9.17, 15) is 4.79 Å². The van der Waals surface area contributed by atoms with Crippen molar-refractivity contribution in [2.75, 3.05) is 26.2 Å². The molecule has 2 rings (SSSR count). The van der Waals surface area contributed by atoms with Gasteiger partial charge in [0.2, 0.25) is 0 Å². The standard InChI is InChI=1S/C12H19N5O/c13-3-6-17-4-1-11(2-5-17)16-12(18)10-7-14-9-15-8-10/h7-9,11H,1-6,13H2,(H,16,18). The molecule has 1 saturated heterocycles. The maximum atomic E-state index is 11.9. The van der Waals surface area contributed by atoms with Crippen LogP contribution in [0.5, 0.6) is 0 Å². The Morgan fingerprint density at radius 3 is 2.67 bits per heavy atom. The molecule has 6 heteroatoms. The van der Waals surface area contributed by atoms with E-state index in [0.717, 1.165) is 32.5 Å². The third kappa shape index (κ3) is 3.48. The minimum atomic E-state index is -0.0899. The van der Waals surface area contributed by atoms with Crippen LogP contribution >= 0.6 is 0 Å². The Balaban J connectivity index is 1.80. The van der Waals surface area contributed by atoms with Crippen molar-refractivity contribution in [3.05, 3.63) is 24.3 Å². The summed E-state index contributed by atoms with van der Waals surface area (Å²) in [5, 5.41) is 3.02. The number of carbonyl (C=O) groups excluding carboxylic acids is 1. The summed E-state index contributed by atoms with van der Waals surface area (Å²) in [5.74, 6) is -0.0899. The average Bonchev–Trinajstić information content (AvgIpc) is 2.42. The molecule has 0 unspecified atom stereocenters. The van der Waals surface area contributed by atoms with Crippen molar-refractivity contribution in [2.24, 2.45) is 5.73 Å². The lowest BCUT2D eigenvalue weighted by molar-refractivity contribution is 0.0911. The summed E-state index contributed by atoms with van der Waals surface area (Å²) in [7, 11) is 0. The second kappa shape index (κ2) is 6.42. The van der Waals surface area contributed by atoms with Gasteiger partial charge < -0.3 is 16.0 Å². The van der Waals surface area contributed by atoms with Crippen LogP contribution < -0.4 is 11.1 Å². The van der Waals surface area contributed by atoms with Crippen molar-refractivity contribution in [3.8, 4) is 0 Å². The number of piperidine rings is 1. The molecule has 0 bridgehead atoms. The molecule has 98 valence electrons. The van der Waals surface area contributed by atoms with Gasteiger partial charge in [-0.05, 0) is 12.8 Å². The predicted molar refractivity (Wildman–Crippen MR) is 68.0 cm³/mol. The molecule has 18 heavy (non-hydrogen) atoms. The molecule has 1 amide bonds. The maximum absolute atomic E-state index is 11.9. The Kier molecular flexibility index (Phi) is 4.60. The number of hydrogen-bond acceptors (Lipinski definition) is 5. The van der Waals surface area contributed by atoms with Crippen molar-refractivity contribution in [1.82, 2.24) is 20.2 Å². The fourth-order valence-electron chi connectivity index (χ4n) is 2.17. The Morgan fingerprint density at radius 2 is 2.06 bits per heavy atom. The molecular formula is C12H19N5O. The van der Waals surface area contributed by atoms with Crippen LogP contribution in [0.3, 0.4) is 0 Å². The summed E-state index contributed by atoms with van der Waals surface area (Å²) in [6.07, 6.45) is 6.43. The van der Waals surface area contributed by atoms with Crippen LogP contribution in [0.25, 0.3) is 0 Å². The second-order valence-electron chi connectivity index (χ2n) is 4.51. The molecule has 0 saturated carbocycles. The van der Waals surface area contributed by atoms with E-state index in [-0.39, 0.29) is 11.9 Å². The smallest absolute Gasteiger partial charge is 0.254 e. The first-order chi connectivity index (χ1) is 8.79. The number of carbonyl (C=O) groups is 1. The lowest BCUT2D eigenvalue weighted by Gasteiger charge is -2.31. The van der Waals surface area contributed by atoms with Gasteiger partial charge in [-0.2, -0.15) is 0 Å². The van der Waals surface area contributed by atoms with Gasteiger partial charge in [0.05, 0.1) is 5.56 Å². The molecule has 1 aromatic heterocycles. The maximum Gasteiger partial charge on any atom is 0.254 e. The highest BCUT2D eigenvalue weighted by molar-refractivity contribution is 5.93. The van der Waals surface area contributed by atoms with Gasteiger partial charge in [-0.15, -0.1) is 0 Å². The van der Waals surface area contributed by atoms with Crippen LogP contribution in [0.2, 0.25) is 0 Å². The third-order valence-electron chi connectivity index (χ3n) is 3.19. The quantitative estimate of drug-likeness (QED) is 0.760. The molecular weight excluding hydrogens is 230 g/mol. The third-order valence-corrected chi connectivity index (χ3v) is 3.19. The molecule has 3 N–H and O–H groups in total. The zero-order chi connectivity index (χ0) is 12.8. The first-order valence-electron chi connectivity index (χ1n) is 6.28. The molecule has 0 aromatic carbocycles. The van der Waals surface area contributed by atoms with Gasteiger partial charge in [-0.25, -0.2) is 9.97 Å². The summed E-state index contributed by atoms with van der Waals surface area (Å²) in [4.78, 5) is 21.9. The second-order valence-corrected chi connectivity index (χ2v) is 4.51. The number of rotatable bonds is 4. The van der Waals surface area contributed by atoms with Gasteiger partial charge in [0, 0.05) is 44.6 Å². The van der Waals surface area contributed by atoms with E-state index in [0.29, 0.717) is 12.1 Å². The molecule has 6 nitrogen and oxygen atoms in total. The van der Waals surface area contributed by atoms with Crippen LogP contribution in [-0.4, -0.2) is 53.0 Å². The molecule has 0 aliphatic carbocycles. The molecule has 2 heterocycles. The molecule has 1 aromatic rings. The van der Waals surface area contributed by atoms with Crippen LogP contribution in [0.1, 0.15) is 23.2 Å². The highest BCUT2D eigenvalue weighted by atomic mass is 16.1. The molecule has 0 spiro atoms. The van der Waals surface area contributed by atoms with Crippen LogP contribution in [-0.2, 0) is 0 Å². The highest BCUT2D eigenvalue weighted by Crippen LogP contribution is 2.10. The van der Waals surface area contributed by atoms with Gasteiger partial charge in [0.15, 0.2) is 0 Å². The lowest BCUT2D eigenvalue weighted by Crippen LogP contribution is -2.45. The van der Waals surface area contributed by atoms with Gasteiger partial charge >= 0.3 is 0 Å². The number of aromatic nitrogens is 2.